The molecular weight excluding hydrogens is 244 g/mol. The van der Waals surface area contributed by atoms with E-state index in [1.165, 1.54) is 5.56 Å². The van der Waals surface area contributed by atoms with Gasteiger partial charge in [0, 0.05) is 7.11 Å². The maximum Gasteiger partial charge on any atom is 0.170 e. The highest BCUT2D eigenvalue weighted by Gasteiger charge is 2.34. The third-order valence-corrected chi connectivity index (χ3v) is 3.24. The van der Waals surface area contributed by atoms with Crippen molar-refractivity contribution in [2.24, 2.45) is 0 Å². The molecule has 1 aromatic carbocycles. The summed E-state index contributed by atoms with van der Waals surface area (Å²) >= 11 is 3.55. The minimum absolute atomic E-state index is 0.125. The first-order chi connectivity index (χ1) is 6.81. The van der Waals surface area contributed by atoms with Crippen LogP contribution in [0.4, 0.5) is 0 Å². The van der Waals surface area contributed by atoms with E-state index in [9.17, 15) is 0 Å². The average molecular weight is 257 g/mol. The van der Waals surface area contributed by atoms with Crippen LogP contribution in [-0.2, 0) is 9.47 Å². The van der Waals surface area contributed by atoms with Gasteiger partial charge in [0.05, 0.1) is 10.9 Å². The molecule has 0 amide bonds. The molecule has 76 valence electrons. The largest absolute Gasteiger partial charge is 0.355 e. The quantitative estimate of drug-likeness (QED) is 0.758. The van der Waals surface area contributed by atoms with Gasteiger partial charge in [-0.15, -0.1) is 0 Å². The molecule has 1 aromatic rings. The number of hydrogen-bond acceptors (Lipinski definition) is 2. The maximum absolute atomic E-state index is 5.74. The zero-order valence-electron chi connectivity index (χ0n) is 8.02. The predicted molar refractivity (Wildman–Crippen MR) is 58.4 cm³/mol. The highest BCUT2D eigenvalue weighted by molar-refractivity contribution is 9.09. The normalized spacial score (nSPS) is 32.0. The summed E-state index contributed by atoms with van der Waals surface area (Å²) in [7, 11) is 1.67. The third kappa shape index (κ3) is 2.00. The topological polar surface area (TPSA) is 18.5 Å². The van der Waals surface area contributed by atoms with Crippen molar-refractivity contribution in [2.45, 2.75) is 23.6 Å². The van der Waals surface area contributed by atoms with Crippen LogP contribution in [0.2, 0.25) is 0 Å². The maximum atomic E-state index is 5.74. The number of ether oxygens (including phenoxy) is 2. The number of rotatable bonds is 2. The van der Waals surface area contributed by atoms with Crippen LogP contribution in [0, 0.1) is 0 Å². The summed E-state index contributed by atoms with van der Waals surface area (Å²) in [5, 5.41) is 0. The molecular formula is C11H13BrO2. The molecule has 14 heavy (non-hydrogen) atoms. The van der Waals surface area contributed by atoms with Gasteiger partial charge in [0.25, 0.3) is 0 Å². The molecule has 0 saturated carbocycles. The van der Waals surface area contributed by atoms with Crippen molar-refractivity contribution in [1.29, 1.82) is 0 Å². The van der Waals surface area contributed by atoms with Crippen LogP contribution < -0.4 is 0 Å². The first-order valence-corrected chi connectivity index (χ1v) is 5.60. The van der Waals surface area contributed by atoms with E-state index in [1.54, 1.807) is 7.11 Å². The highest BCUT2D eigenvalue weighted by atomic mass is 79.9. The lowest BCUT2D eigenvalue weighted by molar-refractivity contribution is -0.113. The summed E-state index contributed by atoms with van der Waals surface area (Å²) in [6.07, 6.45) is 0.994. The molecule has 1 heterocycles. The number of hydrogen-bond donors (Lipinski definition) is 0. The Labute approximate surface area is 92.3 Å². The summed E-state index contributed by atoms with van der Waals surface area (Å²) in [4.78, 5) is 0.290. The van der Waals surface area contributed by atoms with Crippen molar-refractivity contribution < 1.29 is 9.47 Å². The van der Waals surface area contributed by atoms with Gasteiger partial charge in [0.15, 0.2) is 6.29 Å². The van der Waals surface area contributed by atoms with Crippen LogP contribution in [0.1, 0.15) is 18.1 Å². The van der Waals surface area contributed by atoms with Gasteiger partial charge in [-0.05, 0) is 12.0 Å². The minimum Gasteiger partial charge on any atom is -0.355 e. The van der Waals surface area contributed by atoms with Crippen molar-refractivity contribution in [1.82, 2.24) is 0 Å². The van der Waals surface area contributed by atoms with Gasteiger partial charge < -0.3 is 9.47 Å². The molecule has 2 nitrogen and oxygen atoms in total. The summed E-state index contributed by atoms with van der Waals surface area (Å²) in [5.74, 6) is 0. The molecule has 1 fully saturated rings. The van der Waals surface area contributed by atoms with Gasteiger partial charge in [-0.3, -0.25) is 0 Å². The molecule has 0 aromatic heterocycles. The molecule has 0 aliphatic carbocycles. The fourth-order valence-corrected chi connectivity index (χ4v) is 2.38. The van der Waals surface area contributed by atoms with E-state index in [0.29, 0.717) is 0 Å². The van der Waals surface area contributed by atoms with Gasteiger partial charge in [-0.2, -0.15) is 0 Å². The fourth-order valence-electron chi connectivity index (χ4n) is 1.70. The molecule has 0 spiro atoms. The molecule has 3 heteroatoms. The second-order valence-corrected chi connectivity index (χ2v) is 4.57. The number of methoxy groups -OCH3 is 1. The van der Waals surface area contributed by atoms with Gasteiger partial charge >= 0.3 is 0 Å². The number of halogens is 1. The Morgan fingerprint density at radius 3 is 2.64 bits per heavy atom. The van der Waals surface area contributed by atoms with E-state index in [-0.39, 0.29) is 17.2 Å². The second-order valence-electron chi connectivity index (χ2n) is 3.39. The van der Waals surface area contributed by atoms with Crippen molar-refractivity contribution in [3.05, 3.63) is 35.9 Å². The van der Waals surface area contributed by atoms with Gasteiger partial charge in [-0.25, -0.2) is 0 Å². The van der Waals surface area contributed by atoms with E-state index < -0.39 is 0 Å². The lowest BCUT2D eigenvalue weighted by Crippen LogP contribution is -2.17. The number of alkyl halides is 1. The van der Waals surface area contributed by atoms with E-state index in [0.717, 1.165) is 6.42 Å². The Kier molecular flexibility index (Phi) is 3.21. The van der Waals surface area contributed by atoms with Crippen LogP contribution in [0.5, 0.6) is 0 Å². The van der Waals surface area contributed by atoms with Crippen LogP contribution in [0.3, 0.4) is 0 Å². The Bertz CT molecular complexity index is 289. The van der Waals surface area contributed by atoms with Crippen LogP contribution in [0.25, 0.3) is 0 Å². The van der Waals surface area contributed by atoms with Gasteiger partial charge in [0.2, 0.25) is 0 Å². The lowest BCUT2D eigenvalue weighted by Gasteiger charge is -2.12. The summed E-state index contributed by atoms with van der Waals surface area (Å²) in [6, 6.07) is 10.2. The SMILES string of the molecule is CO[C@H]1O[C@@H](c2ccccc2)C[C@@H]1Br. The third-order valence-electron chi connectivity index (χ3n) is 2.44. The molecule has 2 rings (SSSR count). The van der Waals surface area contributed by atoms with Crippen molar-refractivity contribution in [3.63, 3.8) is 0 Å². The van der Waals surface area contributed by atoms with E-state index in [1.807, 2.05) is 18.2 Å². The fraction of sp³-hybridized carbons (Fsp3) is 0.455. The van der Waals surface area contributed by atoms with E-state index >= 15 is 0 Å². The van der Waals surface area contributed by atoms with E-state index in [4.69, 9.17) is 9.47 Å². The highest BCUT2D eigenvalue weighted by Crippen LogP contribution is 2.36. The molecule has 3 atom stereocenters. The van der Waals surface area contributed by atoms with Gasteiger partial charge in [0.1, 0.15) is 0 Å². The zero-order chi connectivity index (χ0) is 9.97. The van der Waals surface area contributed by atoms with Crippen molar-refractivity contribution in [2.75, 3.05) is 7.11 Å². The number of benzene rings is 1. The van der Waals surface area contributed by atoms with Gasteiger partial charge in [-0.1, -0.05) is 46.3 Å². The molecule has 0 N–H and O–H groups in total. The first-order valence-electron chi connectivity index (χ1n) is 4.68. The smallest absolute Gasteiger partial charge is 0.170 e. The average Bonchev–Trinajstić information content (AvgIpc) is 2.61. The molecule has 0 radical (unpaired) electrons. The second kappa shape index (κ2) is 4.43. The Hall–Kier alpha value is -0.380. The summed E-state index contributed by atoms with van der Waals surface area (Å²) < 4.78 is 10.9. The van der Waals surface area contributed by atoms with E-state index in [2.05, 4.69) is 28.1 Å². The standard InChI is InChI=1S/C11H13BrO2/c1-13-11-9(12)7-10(14-11)8-5-3-2-4-6-8/h2-6,9-11H,7H2,1H3/t9-,10+,11-/m0/s1. The lowest BCUT2D eigenvalue weighted by atomic mass is 10.1. The van der Waals surface area contributed by atoms with Crippen molar-refractivity contribution in [3.8, 4) is 0 Å². The Balaban J connectivity index is 2.09. The van der Waals surface area contributed by atoms with Crippen LogP contribution in [0.15, 0.2) is 30.3 Å². The van der Waals surface area contributed by atoms with Crippen LogP contribution >= 0.6 is 15.9 Å². The molecule has 1 aliphatic heterocycles. The van der Waals surface area contributed by atoms with Crippen LogP contribution in [-0.4, -0.2) is 18.2 Å². The zero-order valence-corrected chi connectivity index (χ0v) is 9.61. The summed E-state index contributed by atoms with van der Waals surface area (Å²) in [6.45, 7) is 0. The molecule has 0 unspecified atom stereocenters. The summed E-state index contributed by atoms with van der Waals surface area (Å²) in [5.41, 5.74) is 1.22. The monoisotopic (exact) mass is 256 g/mol. The predicted octanol–water partition coefficient (Wildman–Crippen LogP) is 2.88. The molecule has 0 bridgehead atoms. The molecule has 1 saturated heterocycles. The minimum atomic E-state index is -0.125. The molecule has 1 aliphatic rings. The van der Waals surface area contributed by atoms with Crippen molar-refractivity contribution >= 4 is 15.9 Å². The Morgan fingerprint density at radius 2 is 2.07 bits per heavy atom. The Morgan fingerprint density at radius 1 is 1.36 bits per heavy atom. The first kappa shape index (κ1) is 10.1.